The highest BCUT2D eigenvalue weighted by molar-refractivity contribution is 5.95. The largest absolute Gasteiger partial charge is 0.497 e. The Kier molecular flexibility index (Phi) is 3.64. The van der Waals surface area contributed by atoms with Crippen molar-refractivity contribution in [1.29, 1.82) is 0 Å². The summed E-state index contributed by atoms with van der Waals surface area (Å²) in [4.78, 5) is 13.7. The Morgan fingerprint density at radius 1 is 1.41 bits per heavy atom. The van der Waals surface area contributed by atoms with Gasteiger partial charge in [0.15, 0.2) is 0 Å². The van der Waals surface area contributed by atoms with Crippen molar-refractivity contribution in [3.05, 3.63) is 23.8 Å². The molecule has 0 unspecified atom stereocenters. The van der Waals surface area contributed by atoms with E-state index in [0.717, 1.165) is 30.8 Å². The lowest BCUT2D eigenvalue weighted by molar-refractivity contribution is -0.122. The van der Waals surface area contributed by atoms with E-state index >= 15 is 0 Å². The molecule has 4 nitrogen and oxygen atoms in total. The van der Waals surface area contributed by atoms with Crippen LogP contribution in [0.2, 0.25) is 0 Å². The van der Waals surface area contributed by atoms with E-state index in [4.69, 9.17) is 9.47 Å². The summed E-state index contributed by atoms with van der Waals surface area (Å²) in [5, 5.41) is 0. The van der Waals surface area contributed by atoms with Gasteiger partial charge < -0.3 is 14.4 Å². The third kappa shape index (κ3) is 2.42. The predicted octanol–water partition coefficient (Wildman–Crippen LogP) is 1.62. The van der Waals surface area contributed by atoms with Crippen LogP contribution in [0.4, 0.5) is 5.69 Å². The fraction of sp³-hybridized carbons (Fsp3) is 0.462. The average molecular weight is 235 g/mol. The van der Waals surface area contributed by atoms with Crippen molar-refractivity contribution in [3.63, 3.8) is 0 Å². The minimum Gasteiger partial charge on any atom is -0.497 e. The van der Waals surface area contributed by atoms with E-state index in [1.807, 2.05) is 18.2 Å². The summed E-state index contributed by atoms with van der Waals surface area (Å²) in [5.41, 5.74) is 2.15. The third-order valence-electron chi connectivity index (χ3n) is 2.97. The first kappa shape index (κ1) is 11.9. The van der Waals surface area contributed by atoms with Crippen molar-refractivity contribution in [2.24, 2.45) is 0 Å². The third-order valence-corrected chi connectivity index (χ3v) is 2.97. The number of hydrogen-bond donors (Lipinski definition) is 0. The number of methoxy groups -OCH3 is 2. The van der Waals surface area contributed by atoms with Crippen molar-refractivity contribution >= 4 is 11.6 Å². The van der Waals surface area contributed by atoms with Gasteiger partial charge in [-0.05, 0) is 36.6 Å². The minimum atomic E-state index is 0.0126. The van der Waals surface area contributed by atoms with E-state index in [2.05, 4.69) is 0 Å². The highest BCUT2D eigenvalue weighted by atomic mass is 16.5. The van der Waals surface area contributed by atoms with E-state index in [9.17, 15) is 4.79 Å². The fourth-order valence-electron chi connectivity index (χ4n) is 2.16. The number of rotatable bonds is 3. The van der Waals surface area contributed by atoms with E-state index in [0.29, 0.717) is 0 Å². The van der Waals surface area contributed by atoms with E-state index in [-0.39, 0.29) is 12.5 Å². The summed E-state index contributed by atoms with van der Waals surface area (Å²) in [5.74, 6) is 0.850. The maximum absolute atomic E-state index is 11.9. The molecular weight excluding hydrogens is 218 g/mol. The fourth-order valence-corrected chi connectivity index (χ4v) is 2.16. The second-order valence-electron chi connectivity index (χ2n) is 4.08. The number of benzene rings is 1. The molecule has 0 saturated heterocycles. The lowest BCUT2D eigenvalue weighted by atomic mass is 10.0. The number of amides is 1. The Hall–Kier alpha value is -1.55. The van der Waals surface area contributed by atoms with E-state index in [1.54, 1.807) is 12.0 Å². The van der Waals surface area contributed by atoms with Gasteiger partial charge in [-0.25, -0.2) is 0 Å². The van der Waals surface area contributed by atoms with Crippen LogP contribution in [0.1, 0.15) is 12.0 Å². The normalized spacial score (nSPS) is 14.4. The number of carbonyl (C=O) groups excluding carboxylic acids is 1. The molecule has 2 rings (SSSR count). The van der Waals surface area contributed by atoms with Crippen molar-refractivity contribution < 1.29 is 14.3 Å². The molecule has 1 aliphatic heterocycles. The minimum absolute atomic E-state index is 0.0126. The Bertz CT molecular complexity index is 417. The van der Waals surface area contributed by atoms with Gasteiger partial charge in [0.1, 0.15) is 12.4 Å². The van der Waals surface area contributed by atoms with Crippen molar-refractivity contribution in [3.8, 4) is 5.75 Å². The molecule has 1 aromatic carbocycles. The molecule has 4 heteroatoms. The van der Waals surface area contributed by atoms with Crippen LogP contribution in [0.5, 0.6) is 5.75 Å². The molecule has 0 radical (unpaired) electrons. The van der Waals surface area contributed by atoms with Crippen LogP contribution >= 0.6 is 0 Å². The molecule has 0 fully saturated rings. The van der Waals surface area contributed by atoms with Crippen LogP contribution in [0.25, 0.3) is 0 Å². The number of nitrogens with zero attached hydrogens (tertiary/aromatic N) is 1. The molecule has 92 valence electrons. The van der Waals surface area contributed by atoms with Gasteiger partial charge in [-0.3, -0.25) is 4.79 Å². The molecule has 0 N–H and O–H groups in total. The number of hydrogen-bond acceptors (Lipinski definition) is 3. The number of fused-ring (bicyclic) bond motifs is 1. The molecule has 0 aromatic heterocycles. The first-order valence-electron chi connectivity index (χ1n) is 5.72. The molecule has 1 aliphatic rings. The molecule has 0 aliphatic carbocycles. The molecule has 1 aromatic rings. The Labute approximate surface area is 101 Å². The molecule has 0 atom stereocenters. The van der Waals surface area contributed by atoms with Gasteiger partial charge in [-0.2, -0.15) is 0 Å². The summed E-state index contributed by atoms with van der Waals surface area (Å²) in [6.07, 6.45) is 1.97. The van der Waals surface area contributed by atoms with Crippen molar-refractivity contribution in [2.75, 3.05) is 32.3 Å². The van der Waals surface area contributed by atoms with Crippen LogP contribution in [0.3, 0.4) is 0 Å². The van der Waals surface area contributed by atoms with E-state index in [1.165, 1.54) is 12.7 Å². The Morgan fingerprint density at radius 2 is 2.24 bits per heavy atom. The average Bonchev–Trinajstić information content (AvgIpc) is 2.37. The van der Waals surface area contributed by atoms with Gasteiger partial charge in [0, 0.05) is 19.3 Å². The Morgan fingerprint density at radius 3 is 2.94 bits per heavy atom. The predicted molar refractivity (Wildman–Crippen MR) is 65.5 cm³/mol. The zero-order chi connectivity index (χ0) is 12.3. The van der Waals surface area contributed by atoms with Gasteiger partial charge in [0.05, 0.1) is 7.11 Å². The smallest absolute Gasteiger partial charge is 0.252 e. The number of ether oxygens (including phenoxy) is 2. The number of carbonyl (C=O) groups is 1. The second-order valence-corrected chi connectivity index (χ2v) is 4.08. The summed E-state index contributed by atoms with van der Waals surface area (Å²) in [7, 11) is 3.19. The van der Waals surface area contributed by atoms with Gasteiger partial charge >= 0.3 is 0 Å². The molecule has 0 spiro atoms. The topological polar surface area (TPSA) is 38.8 Å². The molecular formula is C13H17NO3. The highest BCUT2D eigenvalue weighted by Crippen LogP contribution is 2.30. The molecule has 0 bridgehead atoms. The van der Waals surface area contributed by atoms with Crippen LogP contribution in [-0.4, -0.2) is 33.3 Å². The maximum atomic E-state index is 11.9. The Balaban J connectivity index is 2.28. The lowest BCUT2D eigenvalue weighted by Crippen LogP contribution is -2.37. The van der Waals surface area contributed by atoms with Crippen LogP contribution in [0.15, 0.2) is 18.2 Å². The van der Waals surface area contributed by atoms with Crippen molar-refractivity contribution in [1.82, 2.24) is 0 Å². The summed E-state index contributed by atoms with van der Waals surface area (Å²) < 4.78 is 10.1. The van der Waals surface area contributed by atoms with Gasteiger partial charge in [0.2, 0.25) is 0 Å². The molecule has 0 saturated carbocycles. The number of aryl methyl sites for hydroxylation is 1. The molecule has 17 heavy (non-hydrogen) atoms. The van der Waals surface area contributed by atoms with Crippen molar-refractivity contribution in [2.45, 2.75) is 12.8 Å². The monoisotopic (exact) mass is 235 g/mol. The van der Waals surface area contributed by atoms with Gasteiger partial charge in [-0.15, -0.1) is 0 Å². The van der Waals surface area contributed by atoms with E-state index < -0.39 is 0 Å². The SMILES string of the molecule is COCC(=O)N1CCCc2cc(OC)ccc21. The quantitative estimate of drug-likeness (QED) is 0.799. The maximum Gasteiger partial charge on any atom is 0.252 e. The number of anilines is 1. The van der Waals surface area contributed by atoms with Crippen LogP contribution in [-0.2, 0) is 16.0 Å². The summed E-state index contributed by atoms with van der Waals surface area (Å²) >= 11 is 0. The van der Waals surface area contributed by atoms with Crippen LogP contribution in [0, 0.1) is 0 Å². The summed E-state index contributed by atoms with van der Waals surface area (Å²) in [6, 6.07) is 5.83. The first-order valence-corrected chi connectivity index (χ1v) is 5.72. The molecule has 1 amide bonds. The highest BCUT2D eigenvalue weighted by Gasteiger charge is 2.22. The first-order chi connectivity index (χ1) is 8.26. The van der Waals surface area contributed by atoms with Gasteiger partial charge in [0.25, 0.3) is 5.91 Å². The van der Waals surface area contributed by atoms with Crippen LogP contribution < -0.4 is 9.64 Å². The van der Waals surface area contributed by atoms with Gasteiger partial charge in [-0.1, -0.05) is 0 Å². The standard InChI is InChI=1S/C13H17NO3/c1-16-9-13(15)14-7-3-4-10-8-11(17-2)5-6-12(10)14/h5-6,8H,3-4,7,9H2,1-2H3. The second kappa shape index (κ2) is 5.19. The zero-order valence-corrected chi connectivity index (χ0v) is 10.2. The zero-order valence-electron chi connectivity index (χ0n) is 10.2. The molecule has 1 heterocycles. The lowest BCUT2D eigenvalue weighted by Gasteiger charge is -2.29. The summed E-state index contributed by atoms with van der Waals surface area (Å²) in [6.45, 7) is 0.896.